The molecule has 0 spiro atoms. The fourth-order valence-electron chi connectivity index (χ4n) is 2.40. The van der Waals surface area contributed by atoms with Gasteiger partial charge in [0.1, 0.15) is 5.82 Å². The molecule has 1 N–H and O–H groups in total. The number of rotatable bonds is 5. The second kappa shape index (κ2) is 6.70. The summed E-state index contributed by atoms with van der Waals surface area (Å²) in [6.07, 6.45) is 4.32. The third kappa shape index (κ3) is 3.56. The van der Waals surface area contributed by atoms with E-state index in [-0.39, 0.29) is 6.10 Å². The SMILES string of the molecule is CCCNc1nccc(N2CCC(C)C(OC)C2)n1. The summed E-state index contributed by atoms with van der Waals surface area (Å²) >= 11 is 0. The van der Waals surface area contributed by atoms with E-state index in [9.17, 15) is 0 Å². The van der Waals surface area contributed by atoms with Gasteiger partial charge in [-0.25, -0.2) is 4.98 Å². The van der Waals surface area contributed by atoms with E-state index in [4.69, 9.17) is 4.74 Å². The van der Waals surface area contributed by atoms with Gasteiger partial charge in [0.15, 0.2) is 0 Å². The van der Waals surface area contributed by atoms with Gasteiger partial charge in [0, 0.05) is 32.9 Å². The van der Waals surface area contributed by atoms with E-state index in [0.717, 1.165) is 38.3 Å². The highest BCUT2D eigenvalue weighted by Gasteiger charge is 2.26. The second-order valence-electron chi connectivity index (χ2n) is 5.15. The third-order valence-corrected chi connectivity index (χ3v) is 3.69. The molecule has 5 nitrogen and oxygen atoms in total. The van der Waals surface area contributed by atoms with E-state index in [0.29, 0.717) is 11.9 Å². The molecule has 0 aliphatic carbocycles. The zero-order chi connectivity index (χ0) is 13.7. The summed E-state index contributed by atoms with van der Waals surface area (Å²) in [4.78, 5) is 11.1. The van der Waals surface area contributed by atoms with Crippen LogP contribution in [-0.4, -0.2) is 42.8 Å². The number of methoxy groups -OCH3 is 1. The molecule has 0 radical (unpaired) electrons. The maximum atomic E-state index is 5.55. The van der Waals surface area contributed by atoms with Crippen molar-refractivity contribution in [2.24, 2.45) is 5.92 Å². The predicted molar refractivity (Wildman–Crippen MR) is 77.6 cm³/mol. The Labute approximate surface area is 115 Å². The molecule has 5 heteroatoms. The lowest BCUT2D eigenvalue weighted by atomic mass is 9.96. The number of piperidine rings is 1. The van der Waals surface area contributed by atoms with Gasteiger partial charge in [-0.2, -0.15) is 4.98 Å². The molecular weight excluding hydrogens is 240 g/mol. The van der Waals surface area contributed by atoms with Crippen molar-refractivity contribution in [3.63, 3.8) is 0 Å². The van der Waals surface area contributed by atoms with Crippen molar-refractivity contribution in [1.82, 2.24) is 9.97 Å². The van der Waals surface area contributed by atoms with E-state index < -0.39 is 0 Å². The molecule has 2 heterocycles. The number of hydrogen-bond acceptors (Lipinski definition) is 5. The van der Waals surface area contributed by atoms with Crippen LogP contribution in [0.4, 0.5) is 11.8 Å². The first kappa shape index (κ1) is 14.1. The summed E-state index contributed by atoms with van der Waals surface area (Å²) in [5, 5.41) is 3.23. The zero-order valence-corrected chi connectivity index (χ0v) is 12.1. The highest BCUT2D eigenvalue weighted by molar-refractivity contribution is 5.43. The molecule has 0 amide bonds. The van der Waals surface area contributed by atoms with Crippen molar-refractivity contribution in [3.8, 4) is 0 Å². The molecule has 2 atom stereocenters. The molecule has 1 saturated heterocycles. The van der Waals surface area contributed by atoms with Crippen LogP contribution >= 0.6 is 0 Å². The van der Waals surface area contributed by atoms with Crippen molar-refractivity contribution in [3.05, 3.63) is 12.3 Å². The summed E-state index contributed by atoms with van der Waals surface area (Å²) in [5.74, 6) is 2.32. The summed E-state index contributed by atoms with van der Waals surface area (Å²) < 4.78 is 5.55. The molecule has 0 aromatic carbocycles. The van der Waals surface area contributed by atoms with Gasteiger partial charge in [-0.05, 0) is 24.8 Å². The first-order valence-electron chi connectivity index (χ1n) is 7.09. The van der Waals surface area contributed by atoms with Crippen molar-refractivity contribution in [2.45, 2.75) is 32.8 Å². The van der Waals surface area contributed by atoms with Gasteiger partial charge in [0.2, 0.25) is 5.95 Å². The second-order valence-corrected chi connectivity index (χ2v) is 5.15. The summed E-state index contributed by atoms with van der Waals surface area (Å²) in [6.45, 7) is 7.22. The lowest BCUT2D eigenvalue weighted by Gasteiger charge is -2.36. The topological polar surface area (TPSA) is 50.3 Å². The van der Waals surface area contributed by atoms with Crippen LogP contribution in [0.1, 0.15) is 26.7 Å². The van der Waals surface area contributed by atoms with Crippen molar-refractivity contribution < 1.29 is 4.74 Å². The van der Waals surface area contributed by atoms with Crippen LogP contribution in [0.15, 0.2) is 12.3 Å². The Bertz CT molecular complexity index is 399. The van der Waals surface area contributed by atoms with Crippen molar-refractivity contribution >= 4 is 11.8 Å². The fraction of sp³-hybridized carbons (Fsp3) is 0.714. The number of hydrogen-bond donors (Lipinski definition) is 1. The van der Waals surface area contributed by atoms with E-state index in [1.807, 2.05) is 12.3 Å². The molecule has 2 rings (SSSR count). The van der Waals surface area contributed by atoms with Gasteiger partial charge in [-0.3, -0.25) is 0 Å². The zero-order valence-electron chi connectivity index (χ0n) is 12.1. The number of anilines is 2. The molecule has 2 unspecified atom stereocenters. The van der Waals surface area contributed by atoms with Gasteiger partial charge in [-0.15, -0.1) is 0 Å². The average molecular weight is 264 g/mol. The molecule has 1 aromatic heterocycles. The van der Waals surface area contributed by atoms with Crippen LogP contribution in [0.5, 0.6) is 0 Å². The summed E-state index contributed by atoms with van der Waals surface area (Å²) in [5.41, 5.74) is 0. The lowest BCUT2D eigenvalue weighted by Crippen LogP contribution is -2.44. The van der Waals surface area contributed by atoms with Gasteiger partial charge in [0.25, 0.3) is 0 Å². The molecule has 106 valence electrons. The normalized spacial score (nSPS) is 23.4. The number of ether oxygens (including phenoxy) is 1. The van der Waals surface area contributed by atoms with Crippen molar-refractivity contribution in [1.29, 1.82) is 0 Å². The molecule has 1 aliphatic rings. The minimum atomic E-state index is 0.288. The van der Waals surface area contributed by atoms with Gasteiger partial charge in [-0.1, -0.05) is 13.8 Å². The molecule has 1 fully saturated rings. The van der Waals surface area contributed by atoms with Gasteiger partial charge < -0.3 is 15.0 Å². The molecule has 19 heavy (non-hydrogen) atoms. The number of nitrogens with zero attached hydrogens (tertiary/aromatic N) is 3. The van der Waals surface area contributed by atoms with Crippen LogP contribution in [0, 0.1) is 5.92 Å². The first-order valence-corrected chi connectivity index (χ1v) is 7.09. The molecule has 0 saturated carbocycles. The summed E-state index contributed by atoms with van der Waals surface area (Å²) in [7, 11) is 1.79. The Morgan fingerprint density at radius 3 is 3.11 bits per heavy atom. The minimum Gasteiger partial charge on any atom is -0.379 e. The van der Waals surface area contributed by atoms with Crippen molar-refractivity contribution in [2.75, 3.05) is 37.0 Å². The van der Waals surface area contributed by atoms with E-state index in [1.54, 1.807) is 7.11 Å². The Morgan fingerprint density at radius 2 is 2.37 bits per heavy atom. The number of nitrogens with one attached hydrogen (secondary N) is 1. The van der Waals surface area contributed by atoms with Crippen LogP contribution in [0.2, 0.25) is 0 Å². The Balaban J connectivity index is 2.04. The Kier molecular flexibility index (Phi) is 4.96. The maximum Gasteiger partial charge on any atom is 0.224 e. The van der Waals surface area contributed by atoms with Crippen LogP contribution < -0.4 is 10.2 Å². The van der Waals surface area contributed by atoms with E-state index in [1.165, 1.54) is 0 Å². The Morgan fingerprint density at radius 1 is 1.53 bits per heavy atom. The van der Waals surface area contributed by atoms with E-state index >= 15 is 0 Å². The summed E-state index contributed by atoms with van der Waals surface area (Å²) in [6, 6.07) is 1.97. The fourth-order valence-corrected chi connectivity index (χ4v) is 2.40. The quantitative estimate of drug-likeness (QED) is 0.883. The minimum absolute atomic E-state index is 0.288. The smallest absolute Gasteiger partial charge is 0.224 e. The molecule has 1 aromatic rings. The largest absolute Gasteiger partial charge is 0.379 e. The highest BCUT2D eigenvalue weighted by atomic mass is 16.5. The maximum absolute atomic E-state index is 5.55. The Hall–Kier alpha value is -1.36. The molecular formula is C14H24N4O. The molecule has 0 bridgehead atoms. The number of aromatic nitrogens is 2. The van der Waals surface area contributed by atoms with Crippen LogP contribution in [0.3, 0.4) is 0 Å². The monoisotopic (exact) mass is 264 g/mol. The third-order valence-electron chi connectivity index (χ3n) is 3.69. The van der Waals surface area contributed by atoms with Gasteiger partial charge in [0.05, 0.1) is 6.10 Å². The van der Waals surface area contributed by atoms with Crippen LogP contribution in [-0.2, 0) is 4.74 Å². The lowest BCUT2D eigenvalue weighted by molar-refractivity contribution is 0.0496. The molecule has 1 aliphatic heterocycles. The standard InChI is InChI=1S/C14H24N4O/c1-4-7-15-14-16-8-5-13(17-14)18-9-6-11(2)12(10-18)19-3/h5,8,11-12H,4,6-7,9-10H2,1-3H3,(H,15,16,17). The highest BCUT2D eigenvalue weighted by Crippen LogP contribution is 2.23. The predicted octanol–water partition coefficient (Wildman–Crippen LogP) is 2.16. The van der Waals surface area contributed by atoms with E-state index in [2.05, 4.69) is 34.0 Å². The average Bonchev–Trinajstić information content (AvgIpc) is 2.46. The first-order chi connectivity index (χ1) is 9.24. The van der Waals surface area contributed by atoms with Gasteiger partial charge >= 0.3 is 0 Å². The van der Waals surface area contributed by atoms with Crippen LogP contribution in [0.25, 0.3) is 0 Å².